The number of rotatable bonds is 9. The monoisotopic (exact) mass is 437 g/mol. The lowest BCUT2D eigenvalue weighted by Gasteiger charge is -2.12. The fourth-order valence-corrected chi connectivity index (χ4v) is 3.99. The van der Waals surface area contributed by atoms with Crippen LogP contribution in [0.3, 0.4) is 0 Å². The first-order chi connectivity index (χ1) is 15.2. The van der Waals surface area contributed by atoms with E-state index in [9.17, 15) is 4.79 Å². The van der Waals surface area contributed by atoms with Crippen LogP contribution in [-0.4, -0.2) is 15.6 Å². The molecule has 5 nitrogen and oxygen atoms in total. The Morgan fingerprint density at radius 3 is 2.55 bits per heavy atom. The maximum Gasteiger partial charge on any atom is 0.254 e. The van der Waals surface area contributed by atoms with E-state index in [0.717, 1.165) is 18.7 Å². The van der Waals surface area contributed by atoms with Crippen LogP contribution in [-0.2, 0) is 26.1 Å². The van der Waals surface area contributed by atoms with Crippen LogP contribution >= 0.6 is 11.6 Å². The van der Waals surface area contributed by atoms with Gasteiger partial charge in [0.2, 0.25) is 0 Å². The van der Waals surface area contributed by atoms with E-state index < -0.39 is 0 Å². The molecule has 31 heavy (non-hydrogen) atoms. The number of benzene rings is 1. The van der Waals surface area contributed by atoms with Gasteiger partial charge >= 0.3 is 0 Å². The molecule has 2 heterocycles. The third-order valence-corrected chi connectivity index (χ3v) is 5.98. The molecule has 0 saturated heterocycles. The van der Waals surface area contributed by atoms with Crippen molar-refractivity contribution in [3.63, 3.8) is 0 Å². The summed E-state index contributed by atoms with van der Waals surface area (Å²) in [6, 6.07) is 16.3. The van der Waals surface area contributed by atoms with Gasteiger partial charge in [-0.2, -0.15) is 0 Å². The van der Waals surface area contributed by atoms with Crippen LogP contribution in [0, 0.1) is 0 Å². The summed E-state index contributed by atoms with van der Waals surface area (Å²) in [7, 11) is 0. The Balaban J connectivity index is 1.26. The van der Waals surface area contributed by atoms with Crippen LogP contribution in [0.5, 0.6) is 5.75 Å². The molecule has 2 aromatic heterocycles. The second kappa shape index (κ2) is 10.6. The average Bonchev–Trinajstić information content (AvgIpc) is 3.31. The van der Waals surface area contributed by atoms with Gasteiger partial charge in [0.25, 0.3) is 5.56 Å². The number of ether oxygens (including phenoxy) is 1. The Bertz CT molecular complexity index is 1030. The molecule has 4 rings (SSSR count). The van der Waals surface area contributed by atoms with Crippen LogP contribution < -0.4 is 15.6 Å². The Morgan fingerprint density at radius 2 is 1.84 bits per heavy atom. The maximum absolute atomic E-state index is 12.4. The van der Waals surface area contributed by atoms with Gasteiger partial charge in [0.05, 0.1) is 10.7 Å². The molecule has 1 fully saturated rings. The first kappa shape index (κ1) is 21.6. The number of nitrogens with one attached hydrogen (secondary N) is 1. The second-order valence-corrected chi connectivity index (χ2v) is 8.52. The summed E-state index contributed by atoms with van der Waals surface area (Å²) in [5.74, 6) is 0.539. The standard InChI is InChI=1S/C25H28ClN3O2/c26-21-9-10-23(28-17-21)18-31-24-12-14-29(25(30)15-24)13-11-19-5-7-20(8-6-19)16-27-22-3-1-2-4-22/h5-10,12,14-15,17,22,27H,1-4,11,13,16,18H2. The molecule has 0 radical (unpaired) electrons. The van der Waals surface area contributed by atoms with E-state index in [4.69, 9.17) is 16.3 Å². The summed E-state index contributed by atoms with van der Waals surface area (Å²) in [5, 5.41) is 4.23. The van der Waals surface area contributed by atoms with E-state index >= 15 is 0 Å². The molecule has 0 atom stereocenters. The maximum atomic E-state index is 12.4. The summed E-state index contributed by atoms with van der Waals surface area (Å²) < 4.78 is 7.39. The van der Waals surface area contributed by atoms with E-state index in [2.05, 4.69) is 34.6 Å². The van der Waals surface area contributed by atoms with E-state index in [1.54, 1.807) is 29.1 Å². The molecule has 0 amide bonds. The molecule has 0 unspecified atom stereocenters. The van der Waals surface area contributed by atoms with Crippen molar-refractivity contribution >= 4 is 11.6 Å². The van der Waals surface area contributed by atoms with Crippen molar-refractivity contribution in [1.82, 2.24) is 14.9 Å². The predicted molar refractivity (Wildman–Crippen MR) is 124 cm³/mol. The van der Waals surface area contributed by atoms with Crippen molar-refractivity contribution < 1.29 is 4.74 Å². The summed E-state index contributed by atoms with van der Waals surface area (Å²) >= 11 is 5.84. The van der Waals surface area contributed by atoms with Crippen molar-refractivity contribution in [1.29, 1.82) is 0 Å². The van der Waals surface area contributed by atoms with Gasteiger partial charge in [-0.05, 0) is 48.6 Å². The van der Waals surface area contributed by atoms with E-state index in [1.807, 2.05) is 6.07 Å². The van der Waals surface area contributed by atoms with Gasteiger partial charge in [-0.3, -0.25) is 9.78 Å². The number of halogens is 1. The Hall–Kier alpha value is -2.63. The van der Waals surface area contributed by atoms with Gasteiger partial charge in [0.1, 0.15) is 12.4 Å². The molecular formula is C25H28ClN3O2. The SMILES string of the molecule is O=c1cc(OCc2ccc(Cl)cn2)ccn1CCc1ccc(CNC2CCCC2)cc1. The van der Waals surface area contributed by atoms with Crippen molar-refractivity contribution in [3.05, 3.63) is 93.1 Å². The predicted octanol–water partition coefficient (Wildman–Crippen LogP) is 4.75. The number of hydrogen-bond donors (Lipinski definition) is 1. The molecule has 1 aromatic carbocycles. The second-order valence-electron chi connectivity index (χ2n) is 8.08. The number of aryl methyl sites for hydroxylation is 2. The van der Waals surface area contributed by atoms with Crippen molar-refractivity contribution in [2.45, 2.75) is 57.8 Å². The normalized spacial score (nSPS) is 14.1. The quantitative estimate of drug-likeness (QED) is 0.524. The molecule has 0 bridgehead atoms. The lowest BCUT2D eigenvalue weighted by atomic mass is 10.1. The number of hydrogen-bond acceptors (Lipinski definition) is 4. The molecule has 0 aliphatic heterocycles. The Morgan fingerprint density at radius 1 is 1.06 bits per heavy atom. The summed E-state index contributed by atoms with van der Waals surface area (Å²) in [4.78, 5) is 16.6. The smallest absolute Gasteiger partial charge is 0.254 e. The van der Waals surface area contributed by atoms with Crippen molar-refractivity contribution in [2.24, 2.45) is 0 Å². The van der Waals surface area contributed by atoms with Gasteiger partial charge in [-0.1, -0.05) is 48.7 Å². The largest absolute Gasteiger partial charge is 0.487 e. The van der Waals surface area contributed by atoms with E-state index in [-0.39, 0.29) is 5.56 Å². The average molecular weight is 438 g/mol. The van der Waals surface area contributed by atoms with Crippen LogP contribution in [0.4, 0.5) is 0 Å². The first-order valence-electron chi connectivity index (χ1n) is 10.9. The molecule has 1 aliphatic carbocycles. The van der Waals surface area contributed by atoms with Gasteiger partial charge in [0.15, 0.2) is 0 Å². The number of nitrogens with zero attached hydrogens (tertiary/aromatic N) is 2. The number of aromatic nitrogens is 2. The molecular weight excluding hydrogens is 410 g/mol. The molecule has 162 valence electrons. The topological polar surface area (TPSA) is 56.1 Å². The molecule has 1 N–H and O–H groups in total. The summed E-state index contributed by atoms with van der Waals surface area (Å²) in [6.07, 6.45) is 9.48. The van der Waals surface area contributed by atoms with E-state index in [1.165, 1.54) is 42.9 Å². The third kappa shape index (κ3) is 6.42. The lowest BCUT2D eigenvalue weighted by molar-refractivity contribution is 0.300. The highest BCUT2D eigenvalue weighted by Crippen LogP contribution is 2.18. The van der Waals surface area contributed by atoms with Gasteiger partial charge in [-0.15, -0.1) is 0 Å². The van der Waals surface area contributed by atoms with Crippen LogP contribution in [0.25, 0.3) is 0 Å². The highest BCUT2D eigenvalue weighted by Gasteiger charge is 2.13. The molecule has 3 aromatic rings. The van der Waals surface area contributed by atoms with E-state index in [0.29, 0.717) is 30.0 Å². The Labute approximate surface area is 188 Å². The van der Waals surface area contributed by atoms with Gasteiger partial charge in [0, 0.05) is 37.6 Å². The minimum atomic E-state index is -0.0704. The minimum Gasteiger partial charge on any atom is -0.487 e. The highest BCUT2D eigenvalue weighted by atomic mass is 35.5. The summed E-state index contributed by atoms with van der Waals surface area (Å²) in [6.45, 7) is 1.86. The zero-order chi connectivity index (χ0) is 21.5. The van der Waals surface area contributed by atoms with Gasteiger partial charge in [-0.25, -0.2) is 0 Å². The first-order valence-corrected chi connectivity index (χ1v) is 11.3. The number of pyridine rings is 2. The van der Waals surface area contributed by atoms with Gasteiger partial charge < -0.3 is 14.6 Å². The zero-order valence-corrected chi connectivity index (χ0v) is 18.4. The lowest BCUT2D eigenvalue weighted by Crippen LogP contribution is -2.25. The van der Waals surface area contributed by atoms with Crippen LogP contribution in [0.2, 0.25) is 5.02 Å². The molecule has 0 spiro atoms. The van der Waals surface area contributed by atoms with Crippen LogP contribution in [0.1, 0.15) is 42.5 Å². The highest BCUT2D eigenvalue weighted by molar-refractivity contribution is 6.30. The third-order valence-electron chi connectivity index (χ3n) is 5.76. The van der Waals surface area contributed by atoms with Crippen LogP contribution in [0.15, 0.2) is 65.7 Å². The minimum absolute atomic E-state index is 0.0704. The zero-order valence-electron chi connectivity index (χ0n) is 17.6. The summed E-state index contributed by atoms with van der Waals surface area (Å²) in [5.41, 5.74) is 3.23. The molecule has 6 heteroatoms. The van der Waals surface area contributed by atoms with Crippen molar-refractivity contribution in [3.8, 4) is 5.75 Å². The molecule has 1 saturated carbocycles. The Kier molecular flexibility index (Phi) is 7.39. The fraction of sp³-hybridized carbons (Fsp3) is 0.360. The fourth-order valence-electron chi connectivity index (χ4n) is 3.88. The molecule has 1 aliphatic rings. The van der Waals surface area contributed by atoms with Crippen molar-refractivity contribution in [2.75, 3.05) is 0 Å².